The molecular weight excluding hydrogens is 184 g/mol. The van der Waals surface area contributed by atoms with Crippen molar-refractivity contribution in [2.24, 2.45) is 0 Å². The maximum atomic E-state index is 10.9. The predicted molar refractivity (Wildman–Crippen MR) is 50.5 cm³/mol. The van der Waals surface area contributed by atoms with Crippen LogP contribution in [0.2, 0.25) is 0 Å². The molecule has 0 rings (SSSR count). The minimum Gasteiger partial charge on any atom is -0.469 e. The fourth-order valence-electron chi connectivity index (χ4n) is 0.729. The Morgan fingerprint density at radius 1 is 1.29 bits per heavy atom. The van der Waals surface area contributed by atoms with Gasteiger partial charge < -0.3 is 9.47 Å². The van der Waals surface area contributed by atoms with Crippen LogP contribution < -0.4 is 0 Å². The maximum Gasteiger partial charge on any atom is 0.341 e. The summed E-state index contributed by atoms with van der Waals surface area (Å²) in [6, 6.07) is 0. The third-order valence-corrected chi connectivity index (χ3v) is 1.53. The van der Waals surface area contributed by atoms with Crippen molar-refractivity contribution in [3.8, 4) is 0 Å². The summed E-state index contributed by atoms with van der Waals surface area (Å²) in [4.78, 5) is 21.5. The molecule has 0 unspecified atom stereocenters. The van der Waals surface area contributed by atoms with Gasteiger partial charge in [-0.3, -0.25) is 4.79 Å². The Morgan fingerprint density at radius 3 is 2.43 bits per heavy atom. The second kappa shape index (κ2) is 6.92. The molecule has 0 aromatic rings. The van der Waals surface area contributed by atoms with Crippen molar-refractivity contribution in [3.63, 3.8) is 0 Å². The molecule has 0 aliphatic carbocycles. The highest BCUT2D eigenvalue weighted by atomic mass is 16.5. The smallest absolute Gasteiger partial charge is 0.341 e. The van der Waals surface area contributed by atoms with Crippen LogP contribution in [-0.4, -0.2) is 26.2 Å². The Hall–Kier alpha value is -1.54. The molecule has 0 bridgehead atoms. The van der Waals surface area contributed by atoms with Crippen molar-refractivity contribution >= 4 is 11.9 Å². The van der Waals surface area contributed by atoms with E-state index >= 15 is 0 Å². The van der Waals surface area contributed by atoms with E-state index in [9.17, 15) is 9.59 Å². The fourth-order valence-corrected chi connectivity index (χ4v) is 0.729. The number of rotatable bonds is 4. The molecule has 0 aromatic carbocycles. The minimum atomic E-state index is -0.417. The van der Waals surface area contributed by atoms with Crippen molar-refractivity contribution in [2.45, 2.75) is 19.8 Å². The summed E-state index contributed by atoms with van der Waals surface area (Å²) in [6.07, 6.45) is 2.40. The second-order valence-corrected chi connectivity index (χ2v) is 2.58. The van der Waals surface area contributed by atoms with E-state index in [-0.39, 0.29) is 12.4 Å². The van der Waals surface area contributed by atoms with Crippen molar-refractivity contribution in [3.05, 3.63) is 17.4 Å². The number of hydrogen-bond acceptors (Lipinski definition) is 4. The third kappa shape index (κ3) is 5.17. The van der Waals surface area contributed by atoms with Gasteiger partial charge >= 0.3 is 11.9 Å². The Balaban J connectivity index is 4.03. The third-order valence-electron chi connectivity index (χ3n) is 1.53. The minimum absolute atomic E-state index is 0.279. The second-order valence-electron chi connectivity index (χ2n) is 2.58. The number of methoxy groups -OCH3 is 2. The molecule has 0 saturated carbocycles. The lowest BCUT2D eigenvalue weighted by atomic mass is 10.2. The molecule has 0 N–H and O–H groups in total. The van der Waals surface area contributed by atoms with E-state index in [1.807, 2.05) is 0 Å². The average molecular weight is 198 g/mol. The van der Waals surface area contributed by atoms with E-state index in [4.69, 9.17) is 0 Å². The summed E-state index contributed by atoms with van der Waals surface area (Å²) in [7, 11) is 2.64. The van der Waals surface area contributed by atoms with Crippen molar-refractivity contribution in [1.82, 2.24) is 0 Å². The van der Waals surface area contributed by atoms with Gasteiger partial charge in [-0.25, -0.2) is 4.79 Å². The van der Waals surface area contributed by atoms with Gasteiger partial charge in [-0.2, -0.15) is 0 Å². The molecular formula is C10H14O4. The molecule has 0 saturated heterocycles. The summed E-state index contributed by atoms with van der Waals surface area (Å²) in [5, 5.41) is 0. The van der Waals surface area contributed by atoms with Crippen LogP contribution in [-0.2, 0) is 19.1 Å². The summed E-state index contributed by atoms with van der Waals surface area (Å²) in [6.45, 7) is 1.60. The van der Waals surface area contributed by atoms with E-state index in [0.717, 1.165) is 0 Å². The van der Waals surface area contributed by atoms with E-state index in [1.54, 1.807) is 13.0 Å². The number of hydrogen-bond donors (Lipinski definition) is 0. The molecule has 0 aliphatic heterocycles. The first kappa shape index (κ1) is 12.5. The first-order valence-corrected chi connectivity index (χ1v) is 4.18. The van der Waals surface area contributed by atoms with Crippen LogP contribution >= 0.6 is 0 Å². The molecule has 14 heavy (non-hydrogen) atoms. The quantitative estimate of drug-likeness (QED) is 0.387. The molecule has 0 spiro atoms. The van der Waals surface area contributed by atoms with Crippen LogP contribution in [0.4, 0.5) is 0 Å². The summed E-state index contributed by atoms with van der Waals surface area (Å²) in [5.74, 6) is -0.696. The largest absolute Gasteiger partial charge is 0.469 e. The van der Waals surface area contributed by atoms with E-state index in [2.05, 4.69) is 15.2 Å². The first-order valence-electron chi connectivity index (χ1n) is 4.18. The summed E-state index contributed by atoms with van der Waals surface area (Å²) in [5.41, 5.74) is 3.11. The number of esters is 2. The van der Waals surface area contributed by atoms with E-state index in [0.29, 0.717) is 12.0 Å². The lowest BCUT2D eigenvalue weighted by Crippen LogP contribution is -2.00. The normalized spacial score (nSPS) is 8.50. The Morgan fingerprint density at radius 2 is 1.93 bits per heavy atom. The number of carbonyl (C=O) groups excluding carboxylic acids is 2. The van der Waals surface area contributed by atoms with Gasteiger partial charge in [-0.1, -0.05) is 0 Å². The van der Waals surface area contributed by atoms with Crippen LogP contribution in [0.1, 0.15) is 19.8 Å². The standard InChI is InChI=1S/C10H14O4/c1-8(10(12)14-3)6-4-5-7-9(11)13-2/h4H,5,7H2,1-3H3. The molecule has 0 heterocycles. The van der Waals surface area contributed by atoms with Crippen LogP contribution in [0, 0.1) is 0 Å². The average Bonchev–Trinajstić information content (AvgIpc) is 2.22. The predicted octanol–water partition coefficient (Wildman–Crippen LogP) is 1.21. The topological polar surface area (TPSA) is 52.6 Å². The highest BCUT2D eigenvalue weighted by Gasteiger charge is 2.00. The van der Waals surface area contributed by atoms with Gasteiger partial charge in [0.1, 0.15) is 0 Å². The molecule has 4 nitrogen and oxygen atoms in total. The van der Waals surface area contributed by atoms with Crippen molar-refractivity contribution in [2.75, 3.05) is 14.2 Å². The van der Waals surface area contributed by atoms with Gasteiger partial charge in [0, 0.05) is 6.42 Å². The van der Waals surface area contributed by atoms with Crippen LogP contribution in [0.15, 0.2) is 17.4 Å². The van der Waals surface area contributed by atoms with Gasteiger partial charge in [0.05, 0.1) is 19.8 Å². The zero-order valence-electron chi connectivity index (χ0n) is 8.62. The highest BCUT2D eigenvalue weighted by Crippen LogP contribution is 1.96. The van der Waals surface area contributed by atoms with Crippen molar-refractivity contribution < 1.29 is 19.1 Å². The number of ether oxygens (including phenoxy) is 2. The lowest BCUT2D eigenvalue weighted by Gasteiger charge is -1.94. The SMILES string of the molecule is COC(=O)CCC=C=C(C)C(=O)OC. The molecule has 0 aromatic heterocycles. The summed E-state index contributed by atoms with van der Waals surface area (Å²) >= 11 is 0. The monoisotopic (exact) mass is 198 g/mol. The highest BCUT2D eigenvalue weighted by molar-refractivity contribution is 5.87. The molecule has 78 valence electrons. The fraction of sp³-hybridized carbons (Fsp3) is 0.500. The van der Waals surface area contributed by atoms with Gasteiger partial charge in [0.25, 0.3) is 0 Å². The maximum absolute atomic E-state index is 10.9. The summed E-state index contributed by atoms with van der Waals surface area (Å²) < 4.78 is 8.90. The van der Waals surface area contributed by atoms with E-state index in [1.165, 1.54) is 14.2 Å². The lowest BCUT2D eigenvalue weighted by molar-refractivity contribution is -0.140. The Labute approximate surface area is 83.2 Å². The van der Waals surface area contributed by atoms with Gasteiger partial charge in [-0.15, -0.1) is 5.73 Å². The Kier molecular flexibility index (Phi) is 6.16. The van der Waals surface area contributed by atoms with Gasteiger partial charge in [-0.05, 0) is 19.4 Å². The molecule has 0 aliphatic rings. The van der Waals surface area contributed by atoms with Gasteiger partial charge in [0.2, 0.25) is 0 Å². The van der Waals surface area contributed by atoms with Crippen LogP contribution in [0.25, 0.3) is 0 Å². The first-order chi connectivity index (χ1) is 6.61. The van der Waals surface area contributed by atoms with Crippen molar-refractivity contribution in [1.29, 1.82) is 0 Å². The zero-order chi connectivity index (χ0) is 11.0. The number of carbonyl (C=O) groups is 2. The van der Waals surface area contributed by atoms with Crippen LogP contribution in [0.3, 0.4) is 0 Å². The van der Waals surface area contributed by atoms with Gasteiger partial charge in [0.15, 0.2) is 0 Å². The molecule has 4 heteroatoms. The molecule has 0 radical (unpaired) electrons. The zero-order valence-corrected chi connectivity index (χ0v) is 8.62. The molecule has 0 fully saturated rings. The van der Waals surface area contributed by atoms with Crippen LogP contribution in [0.5, 0.6) is 0 Å². The molecule has 0 atom stereocenters. The Bertz CT molecular complexity index is 272. The van der Waals surface area contributed by atoms with E-state index < -0.39 is 5.97 Å². The molecule has 0 amide bonds.